The number of ether oxygens (including phenoxy) is 1. The number of rotatable bonds is 7. The lowest BCUT2D eigenvalue weighted by molar-refractivity contribution is -0.149. The van der Waals surface area contributed by atoms with Crippen molar-refractivity contribution >= 4 is 11.9 Å². The molecule has 0 aromatic heterocycles. The first kappa shape index (κ1) is 13.0. The molecule has 0 unspecified atom stereocenters. The van der Waals surface area contributed by atoms with Crippen LogP contribution in [0.5, 0.6) is 0 Å². The van der Waals surface area contributed by atoms with Gasteiger partial charge in [0.2, 0.25) is 5.91 Å². The molecule has 0 spiro atoms. The predicted octanol–water partition coefficient (Wildman–Crippen LogP) is 0.150. The maximum Gasteiger partial charge on any atom is 0.325 e. The van der Waals surface area contributed by atoms with Crippen molar-refractivity contribution < 1.29 is 14.3 Å². The van der Waals surface area contributed by atoms with Gasteiger partial charge >= 0.3 is 5.97 Å². The molecule has 0 aromatic carbocycles. The van der Waals surface area contributed by atoms with Crippen molar-refractivity contribution in [2.75, 3.05) is 26.7 Å². The minimum Gasteiger partial charge on any atom is -0.465 e. The fraction of sp³-hybridized carbons (Fsp3) is 0.818. The van der Waals surface area contributed by atoms with Crippen LogP contribution in [-0.2, 0) is 14.3 Å². The van der Waals surface area contributed by atoms with Crippen LogP contribution in [0.25, 0.3) is 0 Å². The number of carbonyl (C=O) groups excluding carboxylic acids is 2. The third-order valence-electron chi connectivity index (χ3n) is 2.50. The number of esters is 1. The minimum atomic E-state index is -0.313. The average Bonchev–Trinajstić information content (AvgIpc) is 3.06. The van der Waals surface area contributed by atoms with E-state index < -0.39 is 0 Å². The lowest BCUT2D eigenvalue weighted by Crippen LogP contribution is -2.39. The van der Waals surface area contributed by atoms with Gasteiger partial charge < -0.3 is 15.0 Å². The normalized spacial score (nSPS) is 14.6. The number of nitrogens with one attached hydrogen (secondary N) is 1. The van der Waals surface area contributed by atoms with Crippen molar-refractivity contribution in [3.8, 4) is 0 Å². The molecule has 1 aliphatic carbocycles. The van der Waals surface area contributed by atoms with Crippen molar-refractivity contribution in [1.29, 1.82) is 0 Å². The highest BCUT2D eigenvalue weighted by molar-refractivity contribution is 5.82. The van der Waals surface area contributed by atoms with E-state index in [4.69, 9.17) is 4.74 Å². The second-order valence-corrected chi connectivity index (χ2v) is 3.91. The fourth-order valence-electron chi connectivity index (χ4n) is 1.53. The Labute approximate surface area is 96.1 Å². The fourth-order valence-corrected chi connectivity index (χ4v) is 1.53. The van der Waals surface area contributed by atoms with E-state index in [1.807, 2.05) is 0 Å². The zero-order valence-electron chi connectivity index (χ0n) is 9.99. The maximum atomic E-state index is 11.8. The summed E-state index contributed by atoms with van der Waals surface area (Å²) in [5.74, 6) is -0.280. The average molecular weight is 228 g/mol. The van der Waals surface area contributed by atoms with Gasteiger partial charge in [0.15, 0.2) is 0 Å². The molecule has 0 heterocycles. The van der Waals surface area contributed by atoms with E-state index >= 15 is 0 Å². The van der Waals surface area contributed by atoms with Crippen LogP contribution in [0, 0.1) is 0 Å². The smallest absolute Gasteiger partial charge is 0.325 e. The monoisotopic (exact) mass is 228 g/mol. The van der Waals surface area contributed by atoms with E-state index in [1.165, 1.54) is 0 Å². The predicted molar refractivity (Wildman–Crippen MR) is 59.9 cm³/mol. The Kier molecular flexibility index (Phi) is 5.25. The number of hydrogen-bond acceptors (Lipinski definition) is 4. The number of nitrogens with zero attached hydrogens (tertiary/aromatic N) is 1. The van der Waals surface area contributed by atoms with Crippen LogP contribution in [0.15, 0.2) is 0 Å². The Hall–Kier alpha value is -1.10. The molecule has 0 aromatic rings. The largest absolute Gasteiger partial charge is 0.465 e. The van der Waals surface area contributed by atoms with Crippen LogP contribution in [0.4, 0.5) is 0 Å². The first-order chi connectivity index (χ1) is 7.69. The van der Waals surface area contributed by atoms with Crippen LogP contribution >= 0.6 is 0 Å². The topological polar surface area (TPSA) is 58.6 Å². The third-order valence-corrected chi connectivity index (χ3v) is 2.50. The number of amides is 1. The van der Waals surface area contributed by atoms with E-state index in [-0.39, 0.29) is 24.5 Å². The van der Waals surface area contributed by atoms with Crippen LogP contribution in [0.3, 0.4) is 0 Å². The van der Waals surface area contributed by atoms with Gasteiger partial charge in [-0.25, -0.2) is 0 Å². The summed E-state index contributed by atoms with van der Waals surface area (Å²) in [5, 5.41) is 2.93. The molecule has 1 aliphatic rings. The van der Waals surface area contributed by atoms with Crippen molar-refractivity contribution in [3.05, 3.63) is 0 Å². The molecule has 5 nitrogen and oxygen atoms in total. The Morgan fingerprint density at radius 3 is 2.62 bits per heavy atom. The molecule has 5 heteroatoms. The van der Waals surface area contributed by atoms with Crippen molar-refractivity contribution in [2.24, 2.45) is 0 Å². The summed E-state index contributed by atoms with van der Waals surface area (Å²) in [6.07, 6.45) is 2.45. The molecule has 1 N–H and O–H groups in total. The minimum absolute atomic E-state index is 0.0323. The Balaban J connectivity index is 2.40. The lowest BCUT2D eigenvalue weighted by Gasteiger charge is -2.21. The van der Waals surface area contributed by atoms with E-state index in [2.05, 4.69) is 5.32 Å². The summed E-state index contributed by atoms with van der Waals surface area (Å²) in [5.41, 5.74) is 0. The Morgan fingerprint density at radius 2 is 2.12 bits per heavy atom. The molecular weight excluding hydrogens is 208 g/mol. The van der Waals surface area contributed by atoms with E-state index in [0.29, 0.717) is 19.6 Å². The Morgan fingerprint density at radius 1 is 1.44 bits per heavy atom. The molecule has 0 atom stereocenters. The van der Waals surface area contributed by atoms with Gasteiger partial charge in [0.1, 0.15) is 6.54 Å². The second kappa shape index (κ2) is 6.48. The molecule has 1 amide bonds. The molecule has 92 valence electrons. The van der Waals surface area contributed by atoms with E-state index in [9.17, 15) is 9.59 Å². The highest BCUT2D eigenvalue weighted by Gasteiger charge is 2.33. The molecule has 1 rings (SSSR count). The van der Waals surface area contributed by atoms with Gasteiger partial charge in [0.25, 0.3) is 0 Å². The third kappa shape index (κ3) is 4.18. The molecule has 0 saturated heterocycles. The maximum absolute atomic E-state index is 11.8. The van der Waals surface area contributed by atoms with Gasteiger partial charge in [0.05, 0.1) is 6.61 Å². The van der Waals surface area contributed by atoms with Crippen molar-refractivity contribution in [1.82, 2.24) is 10.2 Å². The summed E-state index contributed by atoms with van der Waals surface area (Å²) < 4.78 is 4.86. The van der Waals surface area contributed by atoms with Gasteiger partial charge in [-0.3, -0.25) is 9.59 Å². The standard InChI is InChI=1S/C11H20N2O3/c1-3-16-11(15)8-13(9-4-5-9)10(14)6-7-12-2/h9,12H,3-8H2,1-2H3. The van der Waals surface area contributed by atoms with Crippen LogP contribution in [0.1, 0.15) is 26.2 Å². The molecule has 16 heavy (non-hydrogen) atoms. The molecule has 0 aliphatic heterocycles. The zero-order valence-corrected chi connectivity index (χ0v) is 9.99. The molecule has 0 bridgehead atoms. The second-order valence-electron chi connectivity index (χ2n) is 3.91. The molecule has 0 radical (unpaired) electrons. The summed E-state index contributed by atoms with van der Waals surface area (Å²) >= 11 is 0. The van der Waals surface area contributed by atoms with Gasteiger partial charge in [-0.15, -0.1) is 0 Å². The lowest BCUT2D eigenvalue weighted by atomic mass is 10.3. The van der Waals surface area contributed by atoms with Crippen LogP contribution in [-0.4, -0.2) is 49.6 Å². The van der Waals surface area contributed by atoms with Gasteiger partial charge in [-0.2, -0.15) is 0 Å². The first-order valence-corrected chi connectivity index (χ1v) is 5.78. The van der Waals surface area contributed by atoms with Crippen LogP contribution in [0.2, 0.25) is 0 Å². The van der Waals surface area contributed by atoms with Crippen molar-refractivity contribution in [2.45, 2.75) is 32.2 Å². The van der Waals surface area contributed by atoms with Gasteiger partial charge in [-0.1, -0.05) is 0 Å². The molecular formula is C11H20N2O3. The highest BCUT2D eigenvalue weighted by atomic mass is 16.5. The summed E-state index contributed by atoms with van der Waals surface area (Å²) in [6.45, 7) is 2.87. The van der Waals surface area contributed by atoms with E-state index in [1.54, 1.807) is 18.9 Å². The summed E-state index contributed by atoms with van der Waals surface area (Å²) in [7, 11) is 1.81. The van der Waals surface area contributed by atoms with Gasteiger partial charge in [-0.05, 0) is 26.8 Å². The van der Waals surface area contributed by atoms with E-state index in [0.717, 1.165) is 12.8 Å². The SMILES string of the molecule is CCOC(=O)CN(C(=O)CCNC)C1CC1. The quantitative estimate of drug-likeness (QED) is 0.630. The zero-order chi connectivity index (χ0) is 12.0. The molecule has 1 saturated carbocycles. The number of carbonyl (C=O) groups is 2. The number of hydrogen-bond donors (Lipinski definition) is 1. The van der Waals surface area contributed by atoms with Gasteiger partial charge in [0, 0.05) is 19.0 Å². The summed E-state index contributed by atoms with van der Waals surface area (Å²) in [6, 6.07) is 0.258. The highest BCUT2D eigenvalue weighted by Crippen LogP contribution is 2.27. The Bertz CT molecular complexity index is 252. The molecule has 1 fully saturated rings. The van der Waals surface area contributed by atoms with Crippen molar-refractivity contribution in [3.63, 3.8) is 0 Å². The summed E-state index contributed by atoms with van der Waals surface area (Å²) in [4.78, 5) is 24.8. The van der Waals surface area contributed by atoms with Crippen LogP contribution < -0.4 is 5.32 Å². The first-order valence-electron chi connectivity index (χ1n) is 5.78.